The van der Waals surface area contributed by atoms with Crippen molar-refractivity contribution in [2.45, 2.75) is 25.9 Å². The summed E-state index contributed by atoms with van der Waals surface area (Å²) in [6.45, 7) is 2.36. The molecule has 1 N–H and O–H groups in total. The minimum absolute atomic E-state index is 0.0580. The molecule has 0 spiro atoms. The molecule has 2 aromatic carbocycles. The van der Waals surface area contributed by atoms with Crippen LogP contribution in [0, 0.1) is 0 Å². The third-order valence-corrected chi connectivity index (χ3v) is 5.14. The molecule has 5 nitrogen and oxygen atoms in total. The lowest BCUT2D eigenvalue weighted by molar-refractivity contribution is -0.124. The fraction of sp³-hybridized carbons (Fsp3) is 0.174. The molecule has 0 aliphatic rings. The maximum atomic E-state index is 12.9. The van der Waals surface area contributed by atoms with E-state index in [-0.39, 0.29) is 5.91 Å². The Bertz CT molecular complexity index is 1140. The summed E-state index contributed by atoms with van der Waals surface area (Å²) >= 11 is 6.15. The minimum atomic E-state index is -0.404. The second kappa shape index (κ2) is 8.45. The van der Waals surface area contributed by atoms with E-state index in [0.29, 0.717) is 18.0 Å². The van der Waals surface area contributed by atoms with Crippen molar-refractivity contribution < 1.29 is 4.79 Å². The number of amides is 1. The molecule has 1 amide bonds. The Balaban J connectivity index is 1.63. The number of hydrogen-bond acceptors (Lipinski definition) is 3. The molecule has 0 unspecified atom stereocenters. The fourth-order valence-corrected chi connectivity index (χ4v) is 3.65. The number of imidazole rings is 1. The third-order valence-electron chi connectivity index (χ3n) is 4.90. The molecule has 0 radical (unpaired) electrons. The van der Waals surface area contributed by atoms with Gasteiger partial charge in [0.1, 0.15) is 11.9 Å². The monoisotopic (exact) mass is 404 g/mol. The second-order valence-corrected chi connectivity index (χ2v) is 7.38. The van der Waals surface area contributed by atoms with Crippen molar-refractivity contribution in [2.24, 2.45) is 0 Å². The summed E-state index contributed by atoms with van der Waals surface area (Å²) in [5.74, 6) is 0.775. The number of para-hydroxylation sites is 2. The van der Waals surface area contributed by atoms with Gasteiger partial charge < -0.3 is 9.88 Å². The van der Waals surface area contributed by atoms with Crippen LogP contribution in [-0.4, -0.2) is 20.4 Å². The van der Waals surface area contributed by atoms with Crippen LogP contribution in [0.15, 0.2) is 73.1 Å². The Hall–Kier alpha value is -3.18. The number of nitrogens with zero attached hydrogens (tertiary/aromatic N) is 3. The lowest BCUT2D eigenvalue weighted by Crippen LogP contribution is -2.31. The molecular weight excluding hydrogens is 384 g/mol. The first-order valence-electron chi connectivity index (χ1n) is 9.49. The number of pyridine rings is 1. The molecule has 0 bridgehead atoms. The number of hydrogen-bond donors (Lipinski definition) is 1. The van der Waals surface area contributed by atoms with E-state index in [2.05, 4.69) is 10.3 Å². The highest BCUT2D eigenvalue weighted by molar-refractivity contribution is 6.30. The van der Waals surface area contributed by atoms with Crippen molar-refractivity contribution in [3.63, 3.8) is 0 Å². The number of carbonyl (C=O) groups excluding carboxylic acids is 1. The molecule has 4 aromatic rings. The zero-order valence-electron chi connectivity index (χ0n) is 16.0. The Morgan fingerprint density at radius 3 is 2.66 bits per heavy atom. The van der Waals surface area contributed by atoms with Gasteiger partial charge in [-0.05, 0) is 54.4 Å². The third kappa shape index (κ3) is 4.30. The zero-order chi connectivity index (χ0) is 20.2. The van der Waals surface area contributed by atoms with E-state index in [1.165, 1.54) is 0 Å². The Morgan fingerprint density at radius 1 is 1.07 bits per heavy atom. The average Bonchev–Trinajstić information content (AvgIpc) is 3.10. The van der Waals surface area contributed by atoms with Crippen LogP contribution in [0.3, 0.4) is 0 Å². The van der Waals surface area contributed by atoms with Crippen LogP contribution in [0.2, 0.25) is 5.02 Å². The van der Waals surface area contributed by atoms with Crippen molar-refractivity contribution >= 4 is 28.5 Å². The van der Waals surface area contributed by atoms with E-state index in [4.69, 9.17) is 16.6 Å². The standard InChI is InChI=1S/C23H21ClN4O/c1-16(23(29)26-15-17-9-11-25-12-10-17)28-21-8-3-2-7-20(21)27-22(28)14-18-5-4-6-19(24)13-18/h2-13,16H,14-15H2,1H3,(H,26,29)/t16-/m1/s1. The number of rotatable bonds is 6. The molecule has 0 aliphatic carbocycles. The number of fused-ring (bicyclic) bond motifs is 1. The summed E-state index contributed by atoms with van der Waals surface area (Å²) < 4.78 is 2.01. The number of halogens is 1. The molecule has 4 rings (SSSR count). The number of aromatic nitrogens is 3. The fourth-order valence-electron chi connectivity index (χ4n) is 3.44. The van der Waals surface area contributed by atoms with Crippen molar-refractivity contribution in [1.29, 1.82) is 0 Å². The van der Waals surface area contributed by atoms with Gasteiger partial charge in [0.25, 0.3) is 0 Å². The Labute approximate surface area is 174 Å². The molecule has 29 heavy (non-hydrogen) atoms. The smallest absolute Gasteiger partial charge is 0.243 e. The molecule has 1 atom stereocenters. The highest BCUT2D eigenvalue weighted by Gasteiger charge is 2.21. The number of carbonyl (C=O) groups is 1. The molecule has 2 aromatic heterocycles. The van der Waals surface area contributed by atoms with Crippen LogP contribution < -0.4 is 5.32 Å². The van der Waals surface area contributed by atoms with E-state index in [1.54, 1.807) is 12.4 Å². The van der Waals surface area contributed by atoms with Gasteiger partial charge in [-0.25, -0.2) is 4.98 Å². The van der Waals surface area contributed by atoms with Gasteiger partial charge in [0, 0.05) is 30.4 Å². The first-order valence-corrected chi connectivity index (χ1v) is 9.86. The van der Waals surface area contributed by atoms with Gasteiger partial charge >= 0.3 is 0 Å². The molecule has 0 fully saturated rings. The largest absolute Gasteiger partial charge is 0.350 e. The Morgan fingerprint density at radius 2 is 1.86 bits per heavy atom. The van der Waals surface area contributed by atoms with Crippen LogP contribution in [-0.2, 0) is 17.8 Å². The quantitative estimate of drug-likeness (QED) is 0.512. The number of nitrogens with one attached hydrogen (secondary N) is 1. The van der Waals surface area contributed by atoms with Gasteiger partial charge in [-0.2, -0.15) is 0 Å². The van der Waals surface area contributed by atoms with E-state index >= 15 is 0 Å². The summed E-state index contributed by atoms with van der Waals surface area (Å²) in [6, 6.07) is 19.0. The first-order chi connectivity index (χ1) is 14.1. The summed E-state index contributed by atoms with van der Waals surface area (Å²) in [6.07, 6.45) is 4.03. The molecule has 6 heteroatoms. The predicted octanol–water partition coefficient (Wildman–Crippen LogP) is 4.55. The van der Waals surface area contributed by atoms with Gasteiger partial charge in [-0.15, -0.1) is 0 Å². The molecule has 0 saturated carbocycles. The minimum Gasteiger partial charge on any atom is -0.350 e. The first kappa shape index (κ1) is 19.2. The van der Waals surface area contributed by atoms with Crippen molar-refractivity contribution in [1.82, 2.24) is 19.9 Å². The summed E-state index contributed by atoms with van der Waals surface area (Å²) in [4.78, 5) is 21.7. The van der Waals surface area contributed by atoms with Crippen molar-refractivity contribution in [3.05, 3.63) is 95.0 Å². The van der Waals surface area contributed by atoms with Crippen LogP contribution in [0.25, 0.3) is 11.0 Å². The summed E-state index contributed by atoms with van der Waals surface area (Å²) in [7, 11) is 0. The Kier molecular flexibility index (Phi) is 5.58. The molecule has 146 valence electrons. The summed E-state index contributed by atoms with van der Waals surface area (Å²) in [5.41, 5.74) is 3.88. The van der Waals surface area contributed by atoms with Gasteiger partial charge in [-0.3, -0.25) is 9.78 Å². The normalized spacial score (nSPS) is 12.1. The van der Waals surface area contributed by atoms with E-state index in [0.717, 1.165) is 28.0 Å². The van der Waals surface area contributed by atoms with Crippen molar-refractivity contribution in [3.8, 4) is 0 Å². The van der Waals surface area contributed by atoms with E-state index in [1.807, 2.05) is 72.2 Å². The van der Waals surface area contributed by atoms with E-state index in [9.17, 15) is 4.79 Å². The molecule has 2 heterocycles. The number of benzene rings is 2. The van der Waals surface area contributed by atoms with E-state index < -0.39 is 6.04 Å². The summed E-state index contributed by atoms with van der Waals surface area (Å²) in [5, 5.41) is 3.70. The van der Waals surface area contributed by atoms with Crippen LogP contribution in [0.1, 0.15) is 29.9 Å². The van der Waals surface area contributed by atoms with Gasteiger partial charge in [0.2, 0.25) is 5.91 Å². The van der Waals surface area contributed by atoms with Crippen molar-refractivity contribution in [2.75, 3.05) is 0 Å². The SMILES string of the molecule is C[C@H](C(=O)NCc1ccncc1)n1c(Cc2cccc(Cl)c2)nc2ccccc21. The molecular formula is C23H21ClN4O. The maximum absolute atomic E-state index is 12.9. The van der Waals surface area contributed by atoms with Gasteiger partial charge in [-0.1, -0.05) is 35.9 Å². The molecule has 0 saturated heterocycles. The van der Waals surface area contributed by atoms with Gasteiger partial charge in [0.05, 0.1) is 11.0 Å². The lowest BCUT2D eigenvalue weighted by Gasteiger charge is -2.18. The molecule has 0 aliphatic heterocycles. The lowest BCUT2D eigenvalue weighted by atomic mass is 10.1. The highest BCUT2D eigenvalue weighted by Crippen LogP contribution is 2.24. The van der Waals surface area contributed by atoms with Crippen LogP contribution >= 0.6 is 11.6 Å². The van der Waals surface area contributed by atoms with Crippen LogP contribution in [0.4, 0.5) is 0 Å². The topological polar surface area (TPSA) is 59.8 Å². The zero-order valence-corrected chi connectivity index (χ0v) is 16.8. The highest BCUT2D eigenvalue weighted by atomic mass is 35.5. The maximum Gasteiger partial charge on any atom is 0.243 e. The van der Waals surface area contributed by atoms with Gasteiger partial charge in [0.15, 0.2) is 0 Å². The van der Waals surface area contributed by atoms with Crippen LogP contribution in [0.5, 0.6) is 0 Å². The average molecular weight is 405 g/mol. The second-order valence-electron chi connectivity index (χ2n) is 6.94. The predicted molar refractivity (Wildman–Crippen MR) is 115 cm³/mol.